The van der Waals surface area contributed by atoms with Crippen molar-refractivity contribution in [1.29, 1.82) is 0 Å². The first-order valence-electron chi connectivity index (χ1n) is 8.64. The Kier molecular flexibility index (Phi) is 4.84. The monoisotopic (exact) mass is 319 g/mol. The van der Waals surface area contributed by atoms with E-state index in [0.29, 0.717) is 6.42 Å². The molecule has 1 aliphatic heterocycles. The summed E-state index contributed by atoms with van der Waals surface area (Å²) in [5, 5.41) is 0. The Balaban J connectivity index is 1.59. The van der Waals surface area contributed by atoms with Crippen molar-refractivity contribution in [1.82, 2.24) is 4.90 Å². The van der Waals surface area contributed by atoms with Crippen molar-refractivity contribution in [2.75, 3.05) is 6.54 Å². The third kappa shape index (κ3) is 3.76. The van der Waals surface area contributed by atoms with Crippen LogP contribution in [0, 0.1) is 0 Å². The topological polar surface area (TPSA) is 20.3 Å². The molecule has 0 unspecified atom stereocenters. The van der Waals surface area contributed by atoms with E-state index in [4.69, 9.17) is 0 Å². The molecule has 0 aliphatic carbocycles. The molecule has 0 atom stereocenters. The van der Waals surface area contributed by atoms with E-state index >= 15 is 0 Å². The molecule has 2 nitrogen and oxygen atoms in total. The van der Waals surface area contributed by atoms with Gasteiger partial charge in [-0.25, -0.2) is 0 Å². The molecule has 124 valence electrons. The molecule has 2 aromatic rings. The van der Waals surface area contributed by atoms with E-state index in [9.17, 15) is 4.79 Å². The summed E-state index contributed by atoms with van der Waals surface area (Å²) in [4.78, 5) is 14.6. The average Bonchev–Trinajstić information content (AvgIpc) is 2.59. The van der Waals surface area contributed by atoms with Crippen LogP contribution in [0.4, 0.5) is 0 Å². The Morgan fingerprint density at radius 2 is 1.79 bits per heavy atom. The number of hydrogen-bond donors (Lipinski definition) is 0. The van der Waals surface area contributed by atoms with Crippen LogP contribution in [0.2, 0.25) is 0 Å². The van der Waals surface area contributed by atoms with Crippen molar-refractivity contribution < 1.29 is 4.79 Å². The van der Waals surface area contributed by atoms with Gasteiger partial charge in [0, 0.05) is 24.9 Å². The van der Waals surface area contributed by atoms with E-state index in [2.05, 4.69) is 62.4 Å². The fourth-order valence-corrected chi connectivity index (χ4v) is 3.47. The van der Waals surface area contributed by atoms with Crippen molar-refractivity contribution in [2.24, 2.45) is 0 Å². The lowest BCUT2D eigenvalue weighted by Gasteiger charge is -2.40. The van der Waals surface area contributed by atoms with Crippen LogP contribution in [0.5, 0.6) is 0 Å². The van der Waals surface area contributed by atoms with Crippen LogP contribution in [0.15, 0.2) is 60.7 Å². The van der Waals surface area contributed by atoms with Gasteiger partial charge in [0.15, 0.2) is 0 Å². The highest BCUT2D eigenvalue weighted by molar-refractivity contribution is 5.77. The van der Waals surface area contributed by atoms with Crippen LogP contribution < -0.4 is 0 Å². The summed E-state index contributed by atoms with van der Waals surface area (Å²) < 4.78 is 0. The molecule has 2 aromatic carbocycles. The van der Waals surface area contributed by atoms with Gasteiger partial charge >= 0.3 is 0 Å². The van der Waals surface area contributed by atoms with Gasteiger partial charge in [-0.05, 0) is 23.1 Å². The minimum absolute atomic E-state index is 0.0182. The van der Waals surface area contributed by atoms with Crippen LogP contribution in [0.1, 0.15) is 43.4 Å². The van der Waals surface area contributed by atoms with Gasteiger partial charge < -0.3 is 4.90 Å². The standard InChI is InChI=1S/C22H25NO/c1-22(2)17-23(16-19-13-7-8-14-20(19)22)21(24)15-9-6-12-18-10-4-3-5-11-18/h3-8,10-14H,9,15-17H2,1-2H3. The van der Waals surface area contributed by atoms with Crippen LogP contribution in [0.3, 0.4) is 0 Å². The lowest BCUT2D eigenvalue weighted by molar-refractivity contribution is -0.133. The molecule has 0 saturated carbocycles. The van der Waals surface area contributed by atoms with Crippen molar-refractivity contribution in [2.45, 2.75) is 38.6 Å². The molecule has 1 amide bonds. The normalized spacial score (nSPS) is 16.2. The van der Waals surface area contributed by atoms with Crippen LogP contribution >= 0.6 is 0 Å². The van der Waals surface area contributed by atoms with Crippen LogP contribution in [-0.2, 0) is 16.8 Å². The SMILES string of the molecule is CC1(C)CN(C(=O)CCC=Cc2ccccc2)Cc2ccccc21. The summed E-state index contributed by atoms with van der Waals surface area (Å²) >= 11 is 0. The van der Waals surface area contributed by atoms with Crippen molar-refractivity contribution in [3.63, 3.8) is 0 Å². The number of carbonyl (C=O) groups excluding carboxylic acids is 1. The van der Waals surface area contributed by atoms with Crippen molar-refractivity contribution in [3.05, 3.63) is 77.4 Å². The summed E-state index contributed by atoms with van der Waals surface area (Å²) in [5.74, 6) is 0.246. The minimum atomic E-state index is 0.0182. The lowest BCUT2D eigenvalue weighted by Crippen LogP contribution is -2.44. The maximum absolute atomic E-state index is 12.6. The largest absolute Gasteiger partial charge is 0.337 e. The number of hydrogen-bond acceptors (Lipinski definition) is 1. The molecule has 2 heteroatoms. The van der Waals surface area contributed by atoms with Gasteiger partial charge in [0.05, 0.1) is 0 Å². The average molecular weight is 319 g/mol. The van der Waals surface area contributed by atoms with E-state index in [0.717, 1.165) is 19.5 Å². The summed E-state index contributed by atoms with van der Waals surface area (Å²) in [5.41, 5.74) is 3.85. The van der Waals surface area contributed by atoms with Crippen molar-refractivity contribution in [3.8, 4) is 0 Å². The highest BCUT2D eigenvalue weighted by Gasteiger charge is 2.33. The molecular weight excluding hydrogens is 294 g/mol. The number of allylic oxidation sites excluding steroid dienone is 1. The molecule has 0 bridgehead atoms. The summed E-state index contributed by atoms with van der Waals surface area (Å²) in [6, 6.07) is 18.7. The van der Waals surface area contributed by atoms with Gasteiger partial charge in [0.2, 0.25) is 5.91 Å². The second kappa shape index (κ2) is 7.04. The number of benzene rings is 2. The summed E-state index contributed by atoms with van der Waals surface area (Å²) in [6.45, 7) is 5.98. The Morgan fingerprint density at radius 1 is 1.08 bits per heavy atom. The molecule has 0 aromatic heterocycles. The summed E-state index contributed by atoms with van der Waals surface area (Å²) in [6.07, 6.45) is 5.53. The van der Waals surface area contributed by atoms with Crippen molar-refractivity contribution >= 4 is 12.0 Å². The zero-order chi connectivity index (χ0) is 17.0. The molecule has 24 heavy (non-hydrogen) atoms. The molecule has 1 heterocycles. The van der Waals surface area contributed by atoms with Gasteiger partial charge in [-0.1, -0.05) is 80.6 Å². The Bertz CT molecular complexity index is 731. The molecule has 0 fully saturated rings. The van der Waals surface area contributed by atoms with E-state index in [1.807, 2.05) is 23.1 Å². The zero-order valence-electron chi connectivity index (χ0n) is 14.5. The fourth-order valence-electron chi connectivity index (χ4n) is 3.47. The quantitative estimate of drug-likeness (QED) is 0.792. The van der Waals surface area contributed by atoms with Gasteiger partial charge in [-0.15, -0.1) is 0 Å². The van der Waals surface area contributed by atoms with E-state index in [1.165, 1.54) is 16.7 Å². The predicted molar refractivity (Wildman–Crippen MR) is 99.6 cm³/mol. The minimum Gasteiger partial charge on any atom is -0.337 e. The Morgan fingerprint density at radius 3 is 2.58 bits per heavy atom. The summed E-state index contributed by atoms with van der Waals surface area (Å²) in [7, 11) is 0. The first-order chi connectivity index (χ1) is 11.6. The highest BCUT2D eigenvalue weighted by Crippen LogP contribution is 2.33. The molecule has 0 radical (unpaired) electrons. The van der Waals surface area contributed by atoms with E-state index in [-0.39, 0.29) is 11.3 Å². The molecule has 0 saturated heterocycles. The predicted octanol–water partition coefficient (Wildman–Crippen LogP) is 4.80. The van der Waals surface area contributed by atoms with Gasteiger partial charge in [0.1, 0.15) is 0 Å². The number of fused-ring (bicyclic) bond motifs is 1. The molecule has 0 spiro atoms. The van der Waals surface area contributed by atoms with Gasteiger partial charge in [0.25, 0.3) is 0 Å². The van der Waals surface area contributed by atoms with E-state index in [1.54, 1.807) is 0 Å². The van der Waals surface area contributed by atoms with Crippen LogP contribution in [0.25, 0.3) is 6.08 Å². The molecular formula is C22H25NO. The number of carbonyl (C=O) groups is 1. The number of rotatable bonds is 4. The number of amides is 1. The van der Waals surface area contributed by atoms with Gasteiger partial charge in [-0.3, -0.25) is 4.79 Å². The van der Waals surface area contributed by atoms with Crippen LogP contribution in [-0.4, -0.2) is 17.4 Å². The zero-order valence-corrected chi connectivity index (χ0v) is 14.5. The second-order valence-electron chi connectivity index (χ2n) is 7.14. The third-order valence-electron chi connectivity index (χ3n) is 4.68. The maximum Gasteiger partial charge on any atom is 0.223 e. The Hall–Kier alpha value is -2.35. The maximum atomic E-state index is 12.6. The van der Waals surface area contributed by atoms with E-state index < -0.39 is 0 Å². The lowest BCUT2D eigenvalue weighted by atomic mass is 9.78. The second-order valence-corrected chi connectivity index (χ2v) is 7.14. The first-order valence-corrected chi connectivity index (χ1v) is 8.64. The fraction of sp³-hybridized carbons (Fsp3) is 0.318. The van der Waals surface area contributed by atoms with Gasteiger partial charge in [-0.2, -0.15) is 0 Å². The molecule has 0 N–H and O–H groups in total. The highest BCUT2D eigenvalue weighted by atomic mass is 16.2. The first kappa shape index (κ1) is 16.5. The molecule has 3 rings (SSSR count). The smallest absolute Gasteiger partial charge is 0.223 e. The molecule has 1 aliphatic rings. The number of nitrogens with zero attached hydrogens (tertiary/aromatic N) is 1. The third-order valence-corrected chi connectivity index (χ3v) is 4.68. The Labute approximate surface area is 144 Å².